The summed E-state index contributed by atoms with van der Waals surface area (Å²) in [6.07, 6.45) is -0.0648. The van der Waals surface area contributed by atoms with Gasteiger partial charge in [0.25, 0.3) is 5.91 Å². The molecule has 0 bridgehead atoms. The van der Waals surface area contributed by atoms with Gasteiger partial charge in [0.1, 0.15) is 5.82 Å². The molecule has 0 unspecified atom stereocenters. The number of carbonyl (C=O) groups is 2. The van der Waals surface area contributed by atoms with E-state index in [-0.39, 0.29) is 18.0 Å². The quantitative estimate of drug-likeness (QED) is 0.464. The first-order chi connectivity index (χ1) is 15.9. The van der Waals surface area contributed by atoms with Crippen LogP contribution in [0.5, 0.6) is 11.5 Å². The molecule has 6 nitrogen and oxygen atoms in total. The van der Waals surface area contributed by atoms with E-state index in [1.165, 1.54) is 26.4 Å². The Labute approximate surface area is 199 Å². The predicted octanol–water partition coefficient (Wildman–Crippen LogP) is 5.33. The van der Waals surface area contributed by atoms with Crippen LogP contribution in [0.3, 0.4) is 0 Å². The first-order valence-corrected chi connectivity index (χ1v) is 11.1. The molecule has 8 heteroatoms. The highest BCUT2D eigenvalue weighted by molar-refractivity contribution is 9.10. The first-order valence-electron chi connectivity index (χ1n) is 10.3. The predicted molar refractivity (Wildman–Crippen MR) is 126 cm³/mol. The lowest BCUT2D eigenvalue weighted by atomic mass is 10.0. The second kappa shape index (κ2) is 9.62. The summed E-state index contributed by atoms with van der Waals surface area (Å²) in [5.41, 5.74) is 2.29. The maximum absolute atomic E-state index is 14.3. The van der Waals surface area contributed by atoms with Gasteiger partial charge >= 0.3 is 0 Å². The molecule has 2 amide bonds. The van der Waals surface area contributed by atoms with E-state index in [0.29, 0.717) is 33.6 Å². The van der Waals surface area contributed by atoms with Gasteiger partial charge in [0, 0.05) is 16.6 Å². The number of halogens is 2. The Hall–Kier alpha value is -3.39. The molecule has 3 aromatic carbocycles. The fraction of sp³-hybridized carbons (Fsp3) is 0.200. The zero-order valence-corrected chi connectivity index (χ0v) is 19.7. The van der Waals surface area contributed by atoms with Crippen molar-refractivity contribution in [2.75, 3.05) is 19.5 Å². The molecule has 0 saturated heterocycles. The lowest BCUT2D eigenvalue weighted by Crippen LogP contribution is -2.32. The zero-order chi connectivity index (χ0) is 23.5. The topological polar surface area (TPSA) is 67.9 Å². The lowest BCUT2D eigenvalue weighted by molar-refractivity contribution is -0.117. The van der Waals surface area contributed by atoms with Crippen molar-refractivity contribution in [2.24, 2.45) is 0 Å². The Morgan fingerprint density at radius 1 is 1.09 bits per heavy atom. The van der Waals surface area contributed by atoms with Crippen molar-refractivity contribution in [3.63, 3.8) is 0 Å². The Bertz CT molecular complexity index is 1220. The third-order valence-corrected chi connectivity index (χ3v) is 6.10. The van der Waals surface area contributed by atoms with Gasteiger partial charge in [-0.3, -0.25) is 9.59 Å². The van der Waals surface area contributed by atoms with E-state index in [4.69, 9.17) is 9.47 Å². The number of nitrogens with zero attached hydrogens (tertiary/aromatic N) is 1. The van der Waals surface area contributed by atoms with E-state index in [2.05, 4.69) is 21.2 Å². The normalized spacial score (nSPS) is 13.5. The van der Waals surface area contributed by atoms with Crippen LogP contribution in [0, 0.1) is 5.82 Å². The Balaban J connectivity index is 1.66. The fourth-order valence-corrected chi connectivity index (χ4v) is 4.30. The molecule has 33 heavy (non-hydrogen) atoms. The molecule has 4 rings (SSSR count). The van der Waals surface area contributed by atoms with E-state index < -0.39 is 17.8 Å². The molecule has 1 aliphatic heterocycles. The monoisotopic (exact) mass is 512 g/mol. The minimum absolute atomic E-state index is 0.0648. The van der Waals surface area contributed by atoms with Gasteiger partial charge in [-0.05, 0) is 47.5 Å². The van der Waals surface area contributed by atoms with Crippen molar-refractivity contribution in [1.82, 2.24) is 4.90 Å². The standard InChI is InChI=1S/C25H22BrFN2O4/c1-32-22-10-7-15(11-23(22)33-2)21(29-14-16-5-3-4-6-18(16)25(29)31)13-24(30)28-20-9-8-17(26)12-19(20)27/h3-12,21H,13-14H2,1-2H3,(H,28,30)/t21-/m1/s1. The van der Waals surface area contributed by atoms with Crippen LogP contribution in [0.2, 0.25) is 0 Å². The molecular formula is C25H22BrFN2O4. The molecule has 1 aliphatic rings. The summed E-state index contributed by atoms with van der Waals surface area (Å²) >= 11 is 3.21. The van der Waals surface area contributed by atoms with Gasteiger partial charge in [-0.2, -0.15) is 0 Å². The van der Waals surface area contributed by atoms with Gasteiger partial charge in [-0.25, -0.2) is 4.39 Å². The van der Waals surface area contributed by atoms with Crippen LogP contribution >= 0.6 is 15.9 Å². The Morgan fingerprint density at radius 2 is 1.85 bits per heavy atom. The third kappa shape index (κ3) is 4.71. The highest BCUT2D eigenvalue weighted by Gasteiger charge is 2.35. The first kappa shape index (κ1) is 22.8. The van der Waals surface area contributed by atoms with Crippen LogP contribution < -0.4 is 14.8 Å². The van der Waals surface area contributed by atoms with Crippen LogP contribution in [-0.4, -0.2) is 30.9 Å². The van der Waals surface area contributed by atoms with Crippen molar-refractivity contribution in [1.29, 1.82) is 0 Å². The van der Waals surface area contributed by atoms with E-state index in [0.717, 1.165) is 5.56 Å². The largest absolute Gasteiger partial charge is 0.493 e. The van der Waals surface area contributed by atoms with E-state index in [1.54, 1.807) is 35.2 Å². The molecule has 0 aliphatic carbocycles. The molecule has 170 valence electrons. The van der Waals surface area contributed by atoms with Crippen molar-refractivity contribution in [2.45, 2.75) is 19.0 Å². The number of benzene rings is 3. The van der Waals surface area contributed by atoms with Crippen LogP contribution in [0.1, 0.15) is 33.9 Å². The molecule has 0 radical (unpaired) electrons. The van der Waals surface area contributed by atoms with E-state index in [1.807, 2.05) is 18.2 Å². The van der Waals surface area contributed by atoms with E-state index in [9.17, 15) is 14.0 Å². The maximum Gasteiger partial charge on any atom is 0.255 e. The molecule has 0 aromatic heterocycles. The minimum Gasteiger partial charge on any atom is -0.493 e. The summed E-state index contributed by atoms with van der Waals surface area (Å²) < 4.78 is 25.6. The van der Waals surface area contributed by atoms with Gasteiger partial charge in [-0.15, -0.1) is 0 Å². The maximum atomic E-state index is 14.3. The molecule has 1 heterocycles. The van der Waals surface area contributed by atoms with Crippen molar-refractivity contribution in [3.8, 4) is 11.5 Å². The van der Waals surface area contributed by atoms with Crippen molar-refractivity contribution >= 4 is 33.4 Å². The summed E-state index contributed by atoms with van der Waals surface area (Å²) in [5.74, 6) is -0.0984. The van der Waals surface area contributed by atoms with Crippen molar-refractivity contribution in [3.05, 3.63) is 87.6 Å². The third-order valence-electron chi connectivity index (χ3n) is 5.60. The fourth-order valence-electron chi connectivity index (χ4n) is 3.96. The number of rotatable bonds is 7. The minimum atomic E-state index is -0.594. The molecule has 0 spiro atoms. The van der Waals surface area contributed by atoms with Gasteiger partial charge < -0.3 is 19.7 Å². The number of hydrogen-bond acceptors (Lipinski definition) is 4. The molecule has 3 aromatic rings. The zero-order valence-electron chi connectivity index (χ0n) is 18.1. The van der Waals surface area contributed by atoms with E-state index >= 15 is 0 Å². The highest BCUT2D eigenvalue weighted by atomic mass is 79.9. The average molecular weight is 513 g/mol. The second-order valence-electron chi connectivity index (χ2n) is 7.60. The number of methoxy groups -OCH3 is 2. The SMILES string of the molecule is COc1ccc([C@@H](CC(=O)Nc2ccc(Br)cc2F)N2Cc3ccccc3C2=O)cc1OC. The number of hydrogen-bond donors (Lipinski definition) is 1. The summed E-state index contributed by atoms with van der Waals surface area (Å²) in [7, 11) is 3.06. The van der Waals surface area contributed by atoms with Gasteiger partial charge in [0.2, 0.25) is 5.91 Å². The second-order valence-corrected chi connectivity index (χ2v) is 8.51. The number of anilines is 1. The summed E-state index contributed by atoms with van der Waals surface area (Å²) in [6, 6.07) is 16.5. The number of carbonyl (C=O) groups excluding carboxylic acids is 2. The summed E-state index contributed by atoms with van der Waals surface area (Å²) in [5, 5.41) is 2.62. The lowest BCUT2D eigenvalue weighted by Gasteiger charge is -2.28. The van der Waals surface area contributed by atoms with Crippen LogP contribution in [0.15, 0.2) is 65.1 Å². The average Bonchev–Trinajstić information content (AvgIpc) is 3.15. The van der Waals surface area contributed by atoms with Crippen LogP contribution in [-0.2, 0) is 11.3 Å². The van der Waals surface area contributed by atoms with Crippen molar-refractivity contribution < 1.29 is 23.5 Å². The van der Waals surface area contributed by atoms with Crippen LogP contribution in [0.25, 0.3) is 0 Å². The number of ether oxygens (including phenoxy) is 2. The Kier molecular flexibility index (Phi) is 6.65. The molecule has 0 fully saturated rings. The Morgan fingerprint density at radius 3 is 2.55 bits per heavy atom. The number of fused-ring (bicyclic) bond motifs is 1. The summed E-state index contributed by atoms with van der Waals surface area (Å²) in [6.45, 7) is 0.369. The van der Waals surface area contributed by atoms with Gasteiger partial charge in [0.15, 0.2) is 11.5 Å². The molecule has 0 saturated carbocycles. The number of amides is 2. The summed E-state index contributed by atoms with van der Waals surface area (Å²) in [4.78, 5) is 27.8. The van der Waals surface area contributed by atoms with Crippen LogP contribution in [0.4, 0.5) is 10.1 Å². The van der Waals surface area contributed by atoms with Gasteiger partial charge in [0.05, 0.1) is 32.4 Å². The molecule has 1 N–H and O–H groups in total. The smallest absolute Gasteiger partial charge is 0.255 e. The van der Waals surface area contributed by atoms with Gasteiger partial charge in [-0.1, -0.05) is 40.2 Å². The number of nitrogens with one attached hydrogen (secondary N) is 1. The molecule has 1 atom stereocenters. The highest BCUT2D eigenvalue weighted by Crippen LogP contribution is 2.37. The molecular weight excluding hydrogens is 491 g/mol.